The zero-order valence-electron chi connectivity index (χ0n) is 18.6. The summed E-state index contributed by atoms with van der Waals surface area (Å²) in [6, 6.07) is 14.0. The molecule has 7 nitrogen and oxygen atoms in total. The smallest absolute Gasteiger partial charge is 0.188 e. The highest BCUT2D eigenvalue weighted by atomic mass is 16.5. The number of nitrogens with one attached hydrogen (secondary N) is 1. The molecule has 0 aliphatic rings. The van der Waals surface area contributed by atoms with E-state index in [1.165, 1.54) is 5.56 Å². The molecule has 7 heteroatoms. The maximum atomic E-state index is 6.15. The van der Waals surface area contributed by atoms with Gasteiger partial charge in [0.2, 0.25) is 0 Å². The molecule has 2 rings (SSSR count). The molecule has 0 bridgehead atoms. The van der Waals surface area contributed by atoms with E-state index in [0.29, 0.717) is 30.5 Å². The molecule has 0 amide bonds. The summed E-state index contributed by atoms with van der Waals surface area (Å²) in [5, 5.41) is 3.28. The Balaban J connectivity index is 2.08. The van der Waals surface area contributed by atoms with Gasteiger partial charge in [0.15, 0.2) is 17.5 Å². The Morgan fingerprint density at radius 2 is 1.73 bits per heavy atom. The predicted molar refractivity (Wildman–Crippen MR) is 122 cm³/mol. The predicted octanol–water partition coefficient (Wildman–Crippen LogP) is 3.20. The van der Waals surface area contributed by atoms with E-state index < -0.39 is 0 Å². The number of hydrogen-bond donors (Lipinski definition) is 2. The number of guanidine groups is 1. The van der Waals surface area contributed by atoms with Crippen LogP contribution in [-0.4, -0.2) is 51.8 Å². The van der Waals surface area contributed by atoms with Gasteiger partial charge in [0.05, 0.1) is 33.9 Å². The van der Waals surface area contributed by atoms with Crippen molar-refractivity contribution in [2.24, 2.45) is 10.7 Å². The normalized spacial score (nSPS) is 12.5. The maximum absolute atomic E-state index is 6.15. The van der Waals surface area contributed by atoms with Crippen LogP contribution < -0.4 is 25.3 Å². The first kappa shape index (κ1) is 23.3. The number of benzene rings is 2. The van der Waals surface area contributed by atoms with E-state index in [1.807, 2.05) is 30.3 Å². The van der Waals surface area contributed by atoms with Crippen molar-refractivity contribution in [3.8, 4) is 17.2 Å². The lowest BCUT2D eigenvalue weighted by Crippen LogP contribution is -2.41. The molecule has 0 spiro atoms. The van der Waals surface area contributed by atoms with Crippen LogP contribution in [0.1, 0.15) is 31.0 Å². The molecule has 0 aliphatic heterocycles. The summed E-state index contributed by atoms with van der Waals surface area (Å²) < 4.78 is 16.0. The summed E-state index contributed by atoms with van der Waals surface area (Å²) >= 11 is 0. The maximum Gasteiger partial charge on any atom is 0.188 e. The number of likely N-dealkylation sites (N-methyl/N-ethyl adjacent to an activating group) is 1. The van der Waals surface area contributed by atoms with Crippen molar-refractivity contribution < 1.29 is 14.2 Å². The van der Waals surface area contributed by atoms with Gasteiger partial charge in [-0.25, -0.2) is 4.99 Å². The standard InChI is InChI=1S/C23H34N4O3/c1-6-27(7-2)20(18-9-8-10-19(14-18)28-3)16-26-23(24)25-15-17-11-12-21(29-4)22(13-17)30-5/h8-14,20H,6-7,15-16H2,1-5H3,(H3,24,25,26). The van der Waals surface area contributed by atoms with Crippen molar-refractivity contribution in [3.05, 3.63) is 53.6 Å². The van der Waals surface area contributed by atoms with Gasteiger partial charge < -0.3 is 25.3 Å². The Kier molecular flexibility index (Phi) is 9.28. The first-order chi connectivity index (χ1) is 14.6. The third-order valence-corrected chi connectivity index (χ3v) is 5.09. The molecule has 0 saturated heterocycles. The zero-order chi connectivity index (χ0) is 21.9. The Bertz CT molecular complexity index is 822. The summed E-state index contributed by atoms with van der Waals surface area (Å²) in [6.07, 6.45) is 0. The fourth-order valence-corrected chi connectivity index (χ4v) is 3.38. The summed E-state index contributed by atoms with van der Waals surface area (Å²) in [7, 11) is 4.92. The molecule has 2 aromatic carbocycles. The van der Waals surface area contributed by atoms with Crippen LogP contribution in [0.2, 0.25) is 0 Å². The third-order valence-electron chi connectivity index (χ3n) is 5.09. The van der Waals surface area contributed by atoms with Crippen molar-refractivity contribution in [2.75, 3.05) is 41.0 Å². The van der Waals surface area contributed by atoms with Gasteiger partial charge in [-0.3, -0.25) is 4.90 Å². The van der Waals surface area contributed by atoms with Crippen molar-refractivity contribution in [1.82, 2.24) is 10.2 Å². The molecule has 0 aromatic heterocycles. The first-order valence-corrected chi connectivity index (χ1v) is 10.2. The highest BCUT2D eigenvalue weighted by molar-refractivity contribution is 5.77. The Morgan fingerprint density at radius 3 is 2.37 bits per heavy atom. The lowest BCUT2D eigenvalue weighted by Gasteiger charge is -2.30. The Labute approximate surface area is 179 Å². The average molecular weight is 415 g/mol. The molecule has 0 fully saturated rings. The molecule has 0 heterocycles. The quantitative estimate of drug-likeness (QED) is 0.434. The Morgan fingerprint density at radius 1 is 1.00 bits per heavy atom. The van der Waals surface area contributed by atoms with Gasteiger partial charge in [-0.05, 0) is 48.5 Å². The molecule has 1 unspecified atom stereocenters. The largest absolute Gasteiger partial charge is 0.497 e. The Hall–Kier alpha value is -2.93. The highest BCUT2D eigenvalue weighted by Crippen LogP contribution is 2.28. The van der Waals surface area contributed by atoms with Gasteiger partial charge in [-0.1, -0.05) is 32.0 Å². The van der Waals surface area contributed by atoms with Crippen LogP contribution in [0.15, 0.2) is 47.5 Å². The summed E-state index contributed by atoms with van der Waals surface area (Å²) in [5.41, 5.74) is 8.32. The zero-order valence-corrected chi connectivity index (χ0v) is 18.6. The van der Waals surface area contributed by atoms with Crippen LogP contribution in [0.25, 0.3) is 0 Å². The van der Waals surface area contributed by atoms with Gasteiger partial charge in [0.1, 0.15) is 5.75 Å². The second-order valence-electron chi connectivity index (χ2n) is 6.79. The number of rotatable bonds is 11. The lowest BCUT2D eigenvalue weighted by molar-refractivity contribution is 0.218. The van der Waals surface area contributed by atoms with Crippen LogP contribution in [0, 0.1) is 0 Å². The molecular formula is C23H34N4O3. The van der Waals surface area contributed by atoms with Gasteiger partial charge in [0, 0.05) is 6.54 Å². The topological polar surface area (TPSA) is 81.3 Å². The van der Waals surface area contributed by atoms with Gasteiger partial charge in [-0.15, -0.1) is 0 Å². The average Bonchev–Trinajstić information content (AvgIpc) is 2.80. The van der Waals surface area contributed by atoms with Gasteiger partial charge in [-0.2, -0.15) is 0 Å². The number of aliphatic imine (C=N–C) groups is 1. The monoisotopic (exact) mass is 414 g/mol. The number of nitrogens with zero attached hydrogens (tertiary/aromatic N) is 2. The summed E-state index contributed by atoms with van der Waals surface area (Å²) in [4.78, 5) is 6.86. The molecule has 30 heavy (non-hydrogen) atoms. The molecule has 2 aromatic rings. The summed E-state index contributed by atoms with van der Waals surface area (Å²) in [6.45, 7) is 7.28. The fraction of sp³-hybridized carbons (Fsp3) is 0.435. The highest BCUT2D eigenvalue weighted by Gasteiger charge is 2.18. The molecule has 0 aliphatic carbocycles. The van der Waals surface area contributed by atoms with E-state index in [-0.39, 0.29) is 6.04 Å². The van der Waals surface area contributed by atoms with E-state index in [2.05, 4.69) is 41.2 Å². The van der Waals surface area contributed by atoms with Crippen LogP contribution >= 0.6 is 0 Å². The van der Waals surface area contributed by atoms with Crippen LogP contribution in [0.5, 0.6) is 17.2 Å². The fourth-order valence-electron chi connectivity index (χ4n) is 3.38. The van der Waals surface area contributed by atoms with Crippen molar-refractivity contribution in [2.45, 2.75) is 26.4 Å². The van der Waals surface area contributed by atoms with E-state index in [4.69, 9.17) is 19.9 Å². The molecule has 0 saturated carbocycles. The van der Waals surface area contributed by atoms with Gasteiger partial charge >= 0.3 is 0 Å². The molecule has 3 N–H and O–H groups in total. The number of nitrogens with two attached hydrogens (primary N) is 1. The second kappa shape index (κ2) is 11.9. The van der Waals surface area contributed by atoms with Crippen molar-refractivity contribution in [3.63, 3.8) is 0 Å². The minimum atomic E-state index is 0.157. The number of ether oxygens (including phenoxy) is 3. The van der Waals surface area contributed by atoms with Gasteiger partial charge in [0.25, 0.3) is 0 Å². The lowest BCUT2D eigenvalue weighted by atomic mass is 10.0. The van der Waals surface area contributed by atoms with E-state index in [1.54, 1.807) is 21.3 Å². The molecule has 0 radical (unpaired) electrons. The third kappa shape index (κ3) is 6.29. The minimum absolute atomic E-state index is 0.157. The SMILES string of the molecule is CCN(CC)C(CNC(N)=NCc1ccc(OC)c(OC)c1)c1cccc(OC)c1. The second-order valence-corrected chi connectivity index (χ2v) is 6.79. The molecule has 1 atom stereocenters. The minimum Gasteiger partial charge on any atom is -0.497 e. The van der Waals surface area contributed by atoms with Crippen LogP contribution in [-0.2, 0) is 6.54 Å². The van der Waals surface area contributed by atoms with Crippen molar-refractivity contribution >= 4 is 5.96 Å². The number of methoxy groups -OCH3 is 3. The van der Waals surface area contributed by atoms with E-state index in [0.717, 1.165) is 24.4 Å². The van der Waals surface area contributed by atoms with Crippen molar-refractivity contribution in [1.29, 1.82) is 0 Å². The molecule has 164 valence electrons. The number of hydrogen-bond acceptors (Lipinski definition) is 5. The van der Waals surface area contributed by atoms with Crippen LogP contribution in [0.3, 0.4) is 0 Å². The van der Waals surface area contributed by atoms with E-state index >= 15 is 0 Å². The van der Waals surface area contributed by atoms with Crippen LogP contribution in [0.4, 0.5) is 0 Å². The molecular weight excluding hydrogens is 380 g/mol. The first-order valence-electron chi connectivity index (χ1n) is 10.2. The summed E-state index contributed by atoms with van der Waals surface area (Å²) in [5.74, 6) is 2.62. The van der Waals surface area contributed by atoms with E-state index in [9.17, 15) is 0 Å².